The van der Waals surface area contributed by atoms with E-state index in [1.807, 2.05) is 0 Å². The first-order valence-electron chi connectivity index (χ1n) is 9.34. The lowest BCUT2D eigenvalue weighted by molar-refractivity contribution is -0.153. The second-order valence-corrected chi connectivity index (χ2v) is 9.00. The average molecular weight is 437 g/mol. The van der Waals surface area contributed by atoms with Gasteiger partial charge < -0.3 is 19.7 Å². The summed E-state index contributed by atoms with van der Waals surface area (Å²) in [5, 5.41) is 18.7. The minimum Gasteiger partial charge on any atom is -0.487 e. The summed E-state index contributed by atoms with van der Waals surface area (Å²) >= 11 is 0. The zero-order valence-corrected chi connectivity index (χ0v) is 16.5. The van der Waals surface area contributed by atoms with Gasteiger partial charge in [-0.05, 0) is 48.9 Å². The van der Waals surface area contributed by atoms with Gasteiger partial charge in [0.05, 0.1) is 24.0 Å². The minimum atomic E-state index is -3.92. The number of sulfonamides is 1. The van der Waals surface area contributed by atoms with Gasteiger partial charge in [0.25, 0.3) is 10.0 Å². The Morgan fingerprint density at radius 3 is 2.60 bits per heavy atom. The predicted molar refractivity (Wildman–Crippen MR) is 103 cm³/mol. The molecular formula is C20H20FNO7S. The monoisotopic (exact) mass is 437 g/mol. The number of hydrogen-bond acceptors (Lipinski definition) is 6. The van der Waals surface area contributed by atoms with Crippen molar-refractivity contribution in [3.05, 3.63) is 53.8 Å². The molecule has 1 saturated heterocycles. The fourth-order valence-corrected chi connectivity index (χ4v) is 5.02. The minimum absolute atomic E-state index is 0.0774. The molecule has 0 radical (unpaired) electrons. The van der Waals surface area contributed by atoms with Crippen LogP contribution in [0.15, 0.2) is 47.4 Å². The molecule has 4 rings (SSSR count). The van der Waals surface area contributed by atoms with Crippen LogP contribution in [-0.4, -0.2) is 49.5 Å². The van der Waals surface area contributed by atoms with Gasteiger partial charge in [-0.3, -0.25) is 9.52 Å². The summed E-state index contributed by atoms with van der Waals surface area (Å²) in [6, 6.07) is 9.27. The third-order valence-corrected chi connectivity index (χ3v) is 6.67. The average Bonchev–Trinajstić information content (AvgIpc) is 3.05. The molecule has 2 aromatic carbocycles. The summed E-state index contributed by atoms with van der Waals surface area (Å²) in [6.07, 6.45) is -1.59. The third kappa shape index (κ3) is 3.98. The van der Waals surface area contributed by atoms with Crippen molar-refractivity contribution < 1.29 is 37.3 Å². The lowest BCUT2D eigenvalue weighted by atomic mass is 9.84. The highest BCUT2D eigenvalue weighted by Crippen LogP contribution is 2.47. The number of aliphatic hydroxyl groups excluding tert-OH is 1. The van der Waals surface area contributed by atoms with E-state index < -0.39 is 40.1 Å². The number of carboxylic acid groups (broad SMARTS) is 1. The fraction of sp³-hybridized carbons (Fsp3) is 0.350. The number of carbonyl (C=O) groups is 1. The van der Waals surface area contributed by atoms with Crippen LogP contribution >= 0.6 is 0 Å². The van der Waals surface area contributed by atoms with E-state index in [4.69, 9.17) is 14.6 Å². The van der Waals surface area contributed by atoms with E-state index in [0.717, 1.165) is 17.7 Å². The highest BCUT2D eigenvalue weighted by atomic mass is 32.2. The number of halogens is 1. The molecule has 8 nitrogen and oxygen atoms in total. The second-order valence-electron chi connectivity index (χ2n) is 7.31. The topological polar surface area (TPSA) is 122 Å². The molecule has 0 unspecified atom stereocenters. The van der Waals surface area contributed by atoms with Crippen LogP contribution < -0.4 is 9.46 Å². The first-order chi connectivity index (χ1) is 14.3. The zero-order valence-electron chi connectivity index (χ0n) is 15.7. The van der Waals surface area contributed by atoms with Gasteiger partial charge in [-0.25, -0.2) is 12.8 Å². The molecule has 4 atom stereocenters. The van der Waals surface area contributed by atoms with Crippen LogP contribution in [0.1, 0.15) is 24.3 Å². The van der Waals surface area contributed by atoms with Gasteiger partial charge in [-0.2, -0.15) is 0 Å². The molecule has 0 aliphatic carbocycles. The fourth-order valence-electron chi connectivity index (χ4n) is 3.98. The predicted octanol–water partition coefficient (Wildman–Crippen LogP) is 2.10. The number of nitrogens with one attached hydrogen (secondary N) is 1. The Morgan fingerprint density at radius 1 is 1.20 bits per heavy atom. The van der Waals surface area contributed by atoms with Gasteiger partial charge in [0.1, 0.15) is 23.8 Å². The Bertz CT molecular complexity index is 1060. The van der Waals surface area contributed by atoms with Crippen molar-refractivity contribution in [1.82, 2.24) is 0 Å². The summed E-state index contributed by atoms with van der Waals surface area (Å²) in [7, 11) is -3.92. The molecule has 2 aliphatic heterocycles. The molecule has 2 aromatic rings. The Kier molecular flexibility index (Phi) is 5.39. The standard InChI is InChI=1S/C20H20FNO7S/c21-11-1-4-14(5-2-11)30(26,27)22-12-3-6-17-15(7-12)16-8-13(9-19(24)25)28-18(10-23)20(16)29-17/h1-7,13,16,18,20,22-23H,8-10H2,(H,24,25)/t13-,16-,18-,20+/m1/s1. The Hall–Kier alpha value is -2.69. The molecular weight excluding hydrogens is 417 g/mol. The molecule has 1 fully saturated rings. The highest BCUT2D eigenvalue weighted by Gasteiger charge is 2.46. The van der Waals surface area contributed by atoms with Crippen molar-refractivity contribution in [3.63, 3.8) is 0 Å². The zero-order chi connectivity index (χ0) is 21.5. The first-order valence-corrected chi connectivity index (χ1v) is 10.8. The van der Waals surface area contributed by atoms with Crippen molar-refractivity contribution >= 4 is 21.7 Å². The lowest BCUT2D eigenvalue weighted by Gasteiger charge is -2.36. The molecule has 0 bridgehead atoms. The molecule has 2 heterocycles. The molecule has 30 heavy (non-hydrogen) atoms. The van der Waals surface area contributed by atoms with Gasteiger partial charge in [0.15, 0.2) is 0 Å². The number of benzene rings is 2. The van der Waals surface area contributed by atoms with E-state index in [2.05, 4.69) is 4.72 Å². The largest absolute Gasteiger partial charge is 0.487 e. The Labute approximate surface area is 172 Å². The van der Waals surface area contributed by atoms with Gasteiger partial charge in [0.2, 0.25) is 0 Å². The molecule has 0 amide bonds. The van der Waals surface area contributed by atoms with Crippen LogP contribution in [0.3, 0.4) is 0 Å². The van der Waals surface area contributed by atoms with Gasteiger partial charge >= 0.3 is 5.97 Å². The summed E-state index contributed by atoms with van der Waals surface area (Å²) in [4.78, 5) is 11.0. The summed E-state index contributed by atoms with van der Waals surface area (Å²) in [6.45, 7) is -0.324. The molecule has 2 aliphatic rings. The Balaban J connectivity index is 1.60. The number of aliphatic hydroxyl groups is 1. The van der Waals surface area contributed by atoms with Crippen LogP contribution in [0, 0.1) is 5.82 Å². The summed E-state index contributed by atoms with van der Waals surface area (Å²) in [5.41, 5.74) is 1.01. The van der Waals surface area contributed by atoms with Crippen LogP contribution in [0.2, 0.25) is 0 Å². The van der Waals surface area contributed by atoms with Crippen molar-refractivity contribution in [3.8, 4) is 5.75 Å². The van der Waals surface area contributed by atoms with E-state index >= 15 is 0 Å². The smallest absolute Gasteiger partial charge is 0.305 e. The maximum atomic E-state index is 13.1. The molecule has 0 aromatic heterocycles. The van der Waals surface area contributed by atoms with Crippen molar-refractivity contribution in [2.45, 2.75) is 42.0 Å². The first kappa shape index (κ1) is 20.6. The SMILES string of the molecule is O=C(O)C[C@H]1C[C@@H]2c3cc(NS(=O)(=O)c4ccc(F)cc4)ccc3O[C@@H]2[C@@H](CO)O1. The normalized spacial score (nSPS) is 25.1. The van der Waals surface area contributed by atoms with Crippen LogP contribution in [0.5, 0.6) is 5.75 Å². The quantitative estimate of drug-likeness (QED) is 0.633. The number of fused-ring (bicyclic) bond motifs is 3. The number of hydrogen-bond donors (Lipinski definition) is 3. The van der Waals surface area contributed by atoms with E-state index in [9.17, 15) is 22.7 Å². The number of ether oxygens (including phenoxy) is 2. The summed E-state index contributed by atoms with van der Waals surface area (Å²) in [5.74, 6) is -1.25. The van der Waals surface area contributed by atoms with E-state index in [1.165, 1.54) is 12.1 Å². The summed E-state index contributed by atoms with van der Waals surface area (Å²) < 4.78 is 52.3. The van der Waals surface area contributed by atoms with E-state index in [-0.39, 0.29) is 23.8 Å². The van der Waals surface area contributed by atoms with E-state index in [1.54, 1.807) is 18.2 Å². The lowest BCUT2D eigenvalue weighted by Crippen LogP contribution is -2.46. The number of anilines is 1. The van der Waals surface area contributed by atoms with Gasteiger partial charge in [-0.15, -0.1) is 0 Å². The molecule has 3 N–H and O–H groups in total. The molecule has 10 heteroatoms. The van der Waals surface area contributed by atoms with Crippen LogP contribution in [0.25, 0.3) is 0 Å². The molecule has 160 valence electrons. The van der Waals surface area contributed by atoms with Gasteiger partial charge in [0, 0.05) is 17.2 Å². The highest BCUT2D eigenvalue weighted by molar-refractivity contribution is 7.92. The van der Waals surface area contributed by atoms with E-state index in [0.29, 0.717) is 17.9 Å². The van der Waals surface area contributed by atoms with Crippen LogP contribution in [-0.2, 0) is 19.6 Å². The van der Waals surface area contributed by atoms with Crippen molar-refractivity contribution in [2.24, 2.45) is 0 Å². The number of aliphatic carboxylic acids is 1. The molecule has 0 spiro atoms. The maximum absolute atomic E-state index is 13.1. The van der Waals surface area contributed by atoms with Gasteiger partial charge in [-0.1, -0.05) is 0 Å². The molecule has 0 saturated carbocycles. The van der Waals surface area contributed by atoms with Crippen molar-refractivity contribution in [1.29, 1.82) is 0 Å². The van der Waals surface area contributed by atoms with Crippen molar-refractivity contribution in [2.75, 3.05) is 11.3 Å². The Morgan fingerprint density at radius 2 is 1.93 bits per heavy atom. The maximum Gasteiger partial charge on any atom is 0.305 e. The third-order valence-electron chi connectivity index (χ3n) is 5.28. The number of rotatable bonds is 6. The van der Waals surface area contributed by atoms with Crippen LogP contribution in [0.4, 0.5) is 10.1 Å². The second kappa shape index (κ2) is 7.86. The number of carboxylic acids is 1.